The Bertz CT molecular complexity index is 119. The van der Waals surface area contributed by atoms with E-state index in [4.69, 9.17) is 0 Å². The molecule has 1 aliphatic rings. The van der Waals surface area contributed by atoms with Gasteiger partial charge in [-0.05, 0) is 0 Å². The Hall–Kier alpha value is 0.774. The van der Waals surface area contributed by atoms with E-state index in [9.17, 15) is 0 Å². The van der Waals surface area contributed by atoms with Gasteiger partial charge < -0.3 is 24.8 Å². The topological polar surface area (TPSA) is 0 Å². The van der Waals surface area contributed by atoms with Gasteiger partial charge in [-0.2, -0.15) is 6.08 Å². The Balaban J connectivity index is -0.000000163. The minimum Gasteiger partial charge on any atom is -1.00 e. The largest absolute Gasteiger partial charge is 3.00 e. The van der Waals surface area contributed by atoms with Crippen LogP contribution < -0.4 is 24.8 Å². The fourth-order valence-electron chi connectivity index (χ4n) is 0.693. The van der Waals surface area contributed by atoms with Gasteiger partial charge in [-0.3, -0.25) is 6.08 Å². The monoisotopic (exact) mass is 211 g/mol. The molecule has 3 heteroatoms. The summed E-state index contributed by atoms with van der Waals surface area (Å²) in [6.45, 7) is 2.15. The summed E-state index contributed by atoms with van der Waals surface area (Å²) in [5, 5.41) is 0. The van der Waals surface area contributed by atoms with Gasteiger partial charge in [0, 0.05) is 0 Å². The summed E-state index contributed by atoms with van der Waals surface area (Å²) in [5.74, 6) is 0. The van der Waals surface area contributed by atoms with Gasteiger partial charge in [-0.25, -0.2) is 11.6 Å². The van der Waals surface area contributed by atoms with Crippen molar-refractivity contribution in [3.05, 3.63) is 23.8 Å². The SMILES string of the molecule is CCC1=[C-]CC=C1.[Cl-].[Cl-].[Ti+3]. The van der Waals surface area contributed by atoms with Crippen LogP contribution in [0.4, 0.5) is 0 Å². The third-order valence-corrected chi connectivity index (χ3v) is 1.15. The normalized spacial score (nSPS) is 12.3. The molecule has 1 radical (unpaired) electrons. The first-order valence-electron chi connectivity index (χ1n) is 2.69. The molecule has 0 heterocycles. The summed E-state index contributed by atoms with van der Waals surface area (Å²) >= 11 is 0. The van der Waals surface area contributed by atoms with Gasteiger partial charge in [0.1, 0.15) is 0 Å². The molecule has 1 aliphatic carbocycles. The summed E-state index contributed by atoms with van der Waals surface area (Å²) in [4.78, 5) is 0. The maximum atomic E-state index is 3.21. The summed E-state index contributed by atoms with van der Waals surface area (Å²) in [6, 6.07) is 0. The van der Waals surface area contributed by atoms with Crippen molar-refractivity contribution < 1.29 is 46.5 Å². The Morgan fingerprint density at radius 1 is 1.50 bits per heavy atom. The summed E-state index contributed by atoms with van der Waals surface area (Å²) < 4.78 is 0. The molecule has 0 aliphatic heterocycles. The molecule has 0 N–H and O–H groups in total. The van der Waals surface area contributed by atoms with E-state index in [1.54, 1.807) is 0 Å². The van der Waals surface area contributed by atoms with E-state index < -0.39 is 0 Å². The number of rotatable bonds is 1. The maximum absolute atomic E-state index is 3.21. The van der Waals surface area contributed by atoms with E-state index in [0.717, 1.165) is 12.8 Å². The van der Waals surface area contributed by atoms with Gasteiger partial charge >= 0.3 is 21.7 Å². The van der Waals surface area contributed by atoms with Crippen LogP contribution in [-0.2, 0) is 21.7 Å². The molecule has 0 fully saturated rings. The molecule has 0 amide bonds. The van der Waals surface area contributed by atoms with E-state index in [-0.39, 0.29) is 46.5 Å². The molecule has 0 aromatic heterocycles. The van der Waals surface area contributed by atoms with Crippen LogP contribution in [0, 0.1) is 6.08 Å². The molecule has 0 spiro atoms. The van der Waals surface area contributed by atoms with Crippen LogP contribution in [0.1, 0.15) is 19.8 Å². The van der Waals surface area contributed by atoms with Crippen LogP contribution in [0.5, 0.6) is 0 Å². The van der Waals surface area contributed by atoms with Crippen molar-refractivity contribution in [2.24, 2.45) is 0 Å². The zero-order valence-electron chi connectivity index (χ0n) is 5.82. The predicted molar refractivity (Wildman–Crippen MR) is 30.8 cm³/mol. The van der Waals surface area contributed by atoms with Gasteiger partial charge in [-0.15, -0.1) is 6.42 Å². The maximum Gasteiger partial charge on any atom is 3.00 e. The van der Waals surface area contributed by atoms with E-state index in [0.29, 0.717) is 0 Å². The molecule has 0 bridgehead atoms. The van der Waals surface area contributed by atoms with Gasteiger partial charge in [-0.1, -0.05) is 13.3 Å². The van der Waals surface area contributed by atoms with E-state index in [1.807, 2.05) is 0 Å². The second-order valence-electron chi connectivity index (χ2n) is 1.66. The second kappa shape index (κ2) is 9.77. The van der Waals surface area contributed by atoms with Gasteiger partial charge in [0.15, 0.2) is 0 Å². The van der Waals surface area contributed by atoms with Gasteiger partial charge in [0.2, 0.25) is 0 Å². The molecule has 10 heavy (non-hydrogen) atoms. The van der Waals surface area contributed by atoms with Gasteiger partial charge in [0.05, 0.1) is 0 Å². The Morgan fingerprint density at radius 2 is 2.10 bits per heavy atom. The van der Waals surface area contributed by atoms with Crippen molar-refractivity contribution in [1.29, 1.82) is 0 Å². The van der Waals surface area contributed by atoms with Crippen molar-refractivity contribution >= 4 is 0 Å². The Morgan fingerprint density at radius 3 is 2.30 bits per heavy atom. The summed E-state index contributed by atoms with van der Waals surface area (Å²) in [6.07, 6.45) is 9.65. The van der Waals surface area contributed by atoms with Crippen molar-refractivity contribution in [2.75, 3.05) is 0 Å². The molecule has 55 valence electrons. The summed E-state index contributed by atoms with van der Waals surface area (Å²) in [5.41, 5.74) is 1.36. The van der Waals surface area contributed by atoms with Crippen LogP contribution in [-0.4, -0.2) is 0 Å². The molecule has 0 aromatic rings. The fourth-order valence-corrected chi connectivity index (χ4v) is 0.693. The minimum atomic E-state index is 0. The first kappa shape index (κ1) is 17.0. The third kappa shape index (κ3) is 5.55. The number of hydrogen-bond acceptors (Lipinski definition) is 0. The van der Waals surface area contributed by atoms with E-state index in [1.165, 1.54) is 5.57 Å². The third-order valence-electron chi connectivity index (χ3n) is 1.15. The molecular weight excluding hydrogens is 203 g/mol. The Kier molecular flexibility index (Phi) is 16.6. The average molecular weight is 212 g/mol. The van der Waals surface area contributed by atoms with Crippen molar-refractivity contribution in [2.45, 2.75) is 19.8 Å². The van der Waals surface area contributed by atoms with Crippen LogP contribution in [0.2, 0.25) is 0 Å². The number of hydrogen-bond donors (Lipinski definition) is 0. The molecule has 0 atom stereocenters. The van der Waals surface area contributed by atoms with Crippen molar-refractivity contribution in [3.63, 3.8) is 0 Å². The number of halogens is 2. The average Bonchev–Trinajstić information content (AvgIpc) is 2.14. The second-order valence-corrected chi connectivity index (χ2v) is 1.66. The first-order valence-corrected chi connectivity index (χ1v) is 2.69. The van der Waals surface area contributed by atoms with Crippen molar-refractivity contribution in [1.82, 2.24) is 0 Å². The molecule has 0 saturated carbocycles. The van der Waals surface area contributed by atoms with Crippen LogP contribution in [0.15, 0.2) is 17.7 Å². The molecule has 0 nitrogen and oxygen atoms in total. The minimum absolute atomic E-state index is 0. The zero-order chi connectivity index (χ0) is 5.11. The standard InChI is InChI=1S/C7H9.2ClH.Ti/c1-2-7-5-3-4-6-7;;;/h3,5H,2,4H2,1H3;2*1H;/q-1;;;+3/p-2. The molecule has 0 saturated heterocycles. The predicted octanol–water partition coefficient (Wildman–Crippen LogP) is -3.91. The van der Waals surface area contributed by atoms with E-state index >= 15 is 0 Å². The van der Waals surface area contributed by atoms with Crippen LogP contribution in [0.3, 0.4) is 0 Å². The quantitative estimate of drug-likeness (QED) is 0.308. The van der Waals surface area contributed by atoms with Crippen LogP contribution >= 0.6 is 0 Å². The van der Waals surface area contributed by atoms with Crippen LogP contribution in [0.25, 0.3) is 0 Å². The van der Waals surface area contributed by atoms with E-state index in [2.05, 4.69) is 25.2 Å². The zero-order valence-corrected chi connectivity index (χ0v) is 8.90. The molecular formula is C7H9Cl2Ti. The first-order chi connectivity index (χ1) is 3.43. The molecule has 0 unspecified atom stereocenters. The van der Waals surface area contributed by atoms with Crippen molar-refractivity contribution in [3.8, 4) is 0 Å². The molecule has 1 rings (SSSR count). The molecule has 0 aromatic carbocycles. The Labute approximate surface area is 89.9 Å². The number of allylic oxidation sites excluding steroid dienone is 4. The fraction of sp³-hybridized carbons (Fsp3) is 0.429. The smallest absolute Gasteiger partial charge is 1.00 e. The summed E-state index contributed by atoms with van der Waals surface area (Å²) in [7, 11) is 0. The van der Waals surface area contributed by atoms with Gasteiger partial charge in [0.25, 0.3) is 0 Å².